The fraction of sp³-hybridized carbons (Fsp3) is 0.875. The number of carbonyl (C=O) groups is 1. The van der Waals surface area contributed by atoms with Crippen molar-refractivity contribution in [1.82, 2.24) is 4.90 Å². The molecular weight excluding hydrogens is 292 g/mol. The van der Waals surface area contributed by atoms with E-state index in [1.165, 1.54) is 0 Å². The molecule has 0 atom stereocenters. The monoisotopic (exact) mass is 299 g/mol. The minimum absolute atomic E-state index is 0.260. The highest BCUT2D eigenvalue weighted by molar-refractivity contribution is 6.18. The second-order valence-electron chi connectivity index (χ2n) is 4.14. The maximum atomic E-state index is 12.8. The minimum Gasteiger partial charge on any atom is -0.423 e. The molecule has 0 unspecified atom stereocenters. The third-order valence-electron chi connectivity index (χ3n) is 2.68. The third kappa shape index (κ3) is 1.75. The van der Waals surface area contributed by atoms with Gasteiger partial charge in [0.15, 0.2) is 0 Å². The van der Waals surface area contributed by atoms with Gasteiger partial charge in [0.2, 0.25) is 0 Å². The van der Waals surface area contributed by atoms with E-state index >= 15 is 0 Å². The van der Waals surface area contributed by atoms with Gasteiger partial charge in [-0.15, -0.1) is 11.6 Å². The van der Waals surface area contributed by atoms with Crippen molar-refractivity contribution in [3.63, 3.8) is 0 Å². The zero-order chi connectivity index (χ0) is 14.6. The van der Waals surface area contributed by atoms with E-state index in [4.69, 9.17) is 11.6 Å². The molecular formula is C8H8ClF6NO2. The van der Waals surface area contributed by atoms with E-state index in [9.17, 15) is 31.1 Å². The van der Waals surface area contributed by atoms with Crippen molar-refractivity contribution in [2.24, 2.45) is 0 Å². The summed E-state index contributed by atoms with van der Waals surface area (Å²) in [6.07, 6.45) is -11.7. The molecule has 3 nitrogen and oxygen atoms in total. The van der Waals surface area contributed by atoms with E-state index in [1.54, 1.807) is 0 Å². The maximum absolute atomic E-state index is 12.8. The molecule has 1 heterocycles. The van der Waals surface area contributed by atoms with Crippen LogP contribution in [-0.4, -0.2) is 40.5 Å². The quantitative estimate of drug-likeness (QED) is 0.323. The molecule has 10 heteroatoms. The van der Waals surface area contributed by atoms with Crippen LogP contribution in [0.5, 0.6) is 0 Å². The Morgan fingerprint density at radius 2 is 1.56 bits per heavy atom. The van der Waals surface area contributed by atoms with Crippen LogP contribution in [0.1, 0.15) is 13.8 Å². The van der Waals surface area contributed by atoms with Gasteiger partial charge in [0, 0.05) is 0 Å². The number of hydrogen-bond acceptors (Lipinski definition) is 3. The number of alkyl halides is 7. The normalized spacial score (nSPS) is 24.2. The zero-order valence-corrected chi connectivity index (χ0v) is 9.87. The number of carbonyl (C=O) groups excluding carboxylic acids is 1. The molecule has 0 aliphatic carbocycles. The van der Waals surface area contributed by atoms with Gasteiger partial charge in [0.25, 0.3) is 0 Å². The molecule has 0 spiro atoms. The highest BCUT2D eigenvalue weighted by Gasteiger charge is 2.83. The molecule has 0 aromatic heterocycles. The first kappa shape index (κ1) is 15.4. The first-order valence-corrected chi connectivity index (χ1v) is 5.06. The molecule has 0 amide bonds. The maximum Gasteiger partial charge on any atom is 0.453 e. The Bertz CT molecular complexity index is 350. The van der Waals surface area contributed by atoms with Crippen LogP contribution in [-0.2, 0) is 9.53 Å². The van der Waals surface area contributed by atoms with Gasteiger partial charge in [-0.1, -0.05) is 0 Å². The number of nitrogens with zero attached hydrogens (tertiary/aromatic N) is 1. The molecule has 1 rings (SSSR count). The summed E-state index contributed by atoms with van der Waals surface area (Å²) in [6.45, 7) is 1.74. The predicted molar refractivity (Wildman–Crippen MR) is 47.6 cm³/mol. The van der Waals surface area contributed by atoms with Crippen LogP contribution in [0, 0.1) is 0 Å². The van der Waals surface area contributed by atoms with Crippen molar-refractivity contribution >= 4 is 17.6 Å². The van der Waals surface area contributed by atoms with Crippen molar-refractivity contribution in [3.05, 3.63) is 0 Å². The summed E-state index contributed by atoms with van der Waals surface area (Å²) in [6, 6.07) is -1.17. The number of rotatable bonds is 1. The van der Waals surface area contributed by atoms with Gasteiger partial charge < -0.3 is 4.74 Å². The summed E-state index contributed by atoms with van der Waals surface area (Å²) >= 11 is 5.15. The van der Waals surface area contributed by atoms with Crippen LogP contribution in [0.2, 0.25) is 0 Å². The van der Waals surface area contributed by atoms with E-state index in [0.717, 1.165) is 13.8 Å². The van der Waals surface area contributed by atoms with E-state index < -0.39 is 35.6 Å². The summed E-state index contributed by atoms with van der Waals surface area (Å²) in [7, 11) is 0. The summed E-state index contributed by atoms with van der Waals surface area (Å²) in [4.78, 5) is 11.0. The Kier molecular flexibility index (Phi) is 3.32. The Morgan fingerprint density at radius 1 is 1.17 bits per heavy atom. The van der Waals surface area contributed by atoms with Crippen LogP contribution in [0.3, 0.4) is 0 Å². The molecule has 0 aromatic rings. The third-order valence-corrected chi connectivity index (χ3v) is 2.92. The molecule has 0 bridgehead atoms. The van der Waals surface area contributed by atoms with Gasteiger partial charge in [-0.05, 0) is 13.8 Å². The van der Waals surface area contributed by atoms with Gasteiger partial charge in [-0.2, -0.15) is 26.3 Å². The van der Waals surface area contributed by atoms with Crippen molar-refractivity contribution in [1.29, 1.82) is 0 Å². The number of ether oxygens (including phenoxy) is 1. The number of halogens is 7. The molecule has 0 saturated carbocycles. The second-order valence-corrected chi connectivity index (χ2v) is 4.37. The van der Waals surface area contributed by atoms with Crippen LogP contribution < -0.4 is 0 Å². The molecule has 0 N–H and O–H groups in total. The molecule has 1 saturated heterocycles. The Balaban J connectivity index is 3.52. The van der Waals surface area contributed by atoms with E-state index in [0.29, 0.717) is 0 Å². The van der Waals surface area contributed by atoms with Crippen molar-refractivity contribution in [2.45, 2.75) is 37.5 Å². The first-order valence-electron chi connectivity index (χ1n) is 4.53. The lowest BCUT2D eigenvalue weighted by Gasteiger charge is -2.40. The van der Waals surface area contributed by atoms with Crippen molar-refractivity contribution < 1.29 is 35.9 Å². The minimum atomic E-state index is -5.86. The molecule has 1 fully saturated rings. The fourth-order valence-corrected chi connectivity index (χ4v) is 2.10. The average molecular weight is 300 g/mol. The number of esters is 1. The summed E-state index contributed by atoms with van der Waals surface area (Å²) in [5.74, 6) is -1.64. The Hall–Kier alpha value is -0.700. The Morgan fingerprint density at radius 3 is 1.78 bits per heavy atom. The number of cyclic esters (lactones) is 1. The molecule has 106 valence electrons. The van der Waals surface area contributed by atoms with E-state index in [-0.39, 0.29) is 4.90 Å². The SMILES string of the molecule is CC1(C)C(=O)OC(C(F)(F)F)(C(F)(F)F)N1CCl. The topological polar surface area (TPSA) is 29.5 Å². The average Bonchev–Trinajstić information content (AvgIpc) is 2.33. The Labute approximate surface area is 103 Å². The summed E-state index contributed by atoms with van der Waals surface area (Å²) < 4.78 is 80.3. The van der Waals surface area contributed by atoms with E-state index in [1.807, 2.05) is 0 Å². The van der Waals surface area contributed by atoms with Crippen LogP contribution in [0.15, 0.2) is 0 Å². The van der Waals surface area contributed by atoms with Crippen LogP contribution in [0.25, 0.3) is 0 Å². The van der Waals surface area contributed by atoms with Crippen molar-refractivity contribution in [3.8, 4) is 0 Å². The van der Waals surface area contributed by atoms with E-state index in [2.05, 4.69) is 4.74 Å². The molecule has 0 aromatic carbocycles. The molecule has 18 heavy (non-hydrogen) atoms. The van der Waals surface area contributed by atoms with Crippen LogP contribution in [0.4, 0.5) is 26.3 Å². The predicted octanol–water partition coefficient (Wildman–Crippen LogP) is 2.64. The molecule has 1 aliphatic heterocycles. The van der Waals surface area contributed by atoms with Gasteiger partial charge in [-0.3, -0.25) is 0 Å². The largest absolute Gasteiger partial charge is 0.453 e. The van der Waals surface area contributed by atoms with Gasteiger partial charge in [-0.25, -0.2) is 9.69 Å². The fourth-order valence-electron chi connectivity index (χ4n) is 1.63. The molecule has 0 radical (unpaired) electrons. The van der Waals surface area contributed by atoms with Crippen LogP contribution >= 0.6 is 11.6 Å². The zero-order valence-electron chi connectivity index (χ0n) is 9.12. The van der Waals surface area contributed by atoms with Gasteiger partial charge >= 0.3 is 24.0 Å². The molecule has 1 aliphatic rings. The lowest BCUT2D eigenvalue weighted by Crippen LogP contribution is -2.67. The van der Waals surface area contributed by atoms with Gasteiger partial charge in [0.1, 0.15) is 5.54 Å². The lowest BCUT2D eigenvalue weighted by atomic mass is 10.0. The first-order chi connectivity index (χ1) is 7.82. The number of hydrogen-bond donors (Lipinski definition) is 0. The lowest BCUT2D eigenvalue weighted by molar-refractivity contribution is -0.401. The summed E-state index contributed by atoms with van der Waals surface area (Å²) in [5.41, 5.74) is -6.84. The summed E-state index contributed by atoms with van der Waals surface area (Å²) in [5, 5.41) is 0. The van der Waals surface area contributed by atoms with Gasteiger partial charge in [0.05, 0.1) is 6.00 Å². The second kappa shape index (κ2) is 3.89. The highest BCUT2D eigenvalue weighted by atomic mass is 35.5. The smallest absolute Gasteiger partial charge is 0.423 e. The standard InChI is InChI=1S/C8H8ClF6NO2/c1-5(2)4(17)18-6(7(10,11)12,8(13,14)15)16(5)3-9/h3H2,1-2H3. The van der Waals surface area contributed by atoms with Crippen molar-refractivity contribution in [2.75, 3.05) is 6.00 Å². The highest BCUT2D eigenvalue weighted by Crippen LogP contribution is 2.54.